The molecule has 1 N–H and O–H groups in total. The van der Waals surface area contributed by atoms with Gasteiger partial charge in [0.05, 0.1) is 13.1 Å². The fourth-order valence-electron chi connectivity index (χ4n) is 1.76. The zero-order valence-electron chi connectivity index (χ0n) is 7.43. The Morgan fingerprint density at radius 1 is 1.36 bits per heavy atom. The molecule has 2 aliphatic rings. The number of carbonyl (C=O) groups excluding carboxylic acids is 2. The van der Waals surface area contributed by atoms with Gasteiger partial charge in [0.25, 0.3) is 5.92 Å². The third-order valence-electron chi connectivity index (χ3n) is 2.58. The number of nitrogens with one attached hydrogen (secondary N) is 1. The van der Waals surface area contributed by atoms with Crippen LogP contribution in [-0.4, -0.2) is 41.8 Å². The first kappa shape index (κ1) is 9.36. The second-order valence-corrected chi connectivity index (χ2v) is 3.72. The van der Waals surface area contributed by atoms with Crippen LogP contribution in [0.4, 0.5) is 8.78 Å². The Morgan fingerprint density at radius 2 is 2.00 bits per heavy atom. The van der Waals surface area contributed by atoms with E-state index in [4.69, 9.17) is 0 Å². The van der Waals surface area contributed by atoms with Gasteiger partial charge in [-0.3, -0.25) is 9.59 Å². The van der Waals surface area contributed by atoms with E-state index < -0.39 is 12.0 Å². The van der Waals surface area contributed by atoms with Crippen molar-refractivity contribution in [1.82, 2.24) is 10.2 Å². The Kier molecular flexibility index (Phi) is 1.94. The SMILES string of the molecule is O=C1CN(C2CC(F)(F)C2)C(=O)CN1. The van der Waals surface area contributed by atoms with Crippen LogP contribution in [0.2, 0.25) is 0 Å². The predicted octanol–water partition coefficient (Wildman–Crippen LogP) is -0.258. The Bertz CT molecular complexity index is 285. The Morgan fingerprint density at radius 3 is 2.57 bits per heavy atom. The quantitative estimate of drug-likeness (QED) is 0.640. The molecule has 1 saturated carbocycles. The molecule has 78 valence electrons. The van der Waals surface area contributed by atoms with E-state index >= 15 is 0 Å². The molecule has 6 heteroatoms. The monoisotopic (exact) mass is 204 g/mol. The first-order chi connectivity index (χ1) is 6.48. The molecule has 0 unspecified atom stereocenters. The van der Waals surface area contributed by atoms with Crippen molar-refractivity contribution in [2.24, 2.45) is 0 Å². The van der Waals surface area contributed by atoms with Crippen molar-refractivity contribution in [2.45, 2.75) is 24.8 Å². The van der Waals surface area contributed by atoms with Gasteiger partial charge in [-0.2, -0.15) is 0 Å². The molecule has 0 aromatic heterocycles. The Labute approximate surface area is 79.2 Å². The van der Waals surface area contributed by atoms with Gasteiger partial charge in [-0.05, 0) is 0 Å². The molecular weight excluding hydrogens is 194 g/mol. The minimum absolute atomic E-state index is 0.0685. The molecule has 0 bridgehead atoms. The zero-order chi connectivity index (χ0) is 10.3. The highest BCUT2D eigenvalue weighted by Crippen LogP contribution is 2.40. The predicted molar refractivity (Wildman–Crippen MR) is 42.7 cm³/mol. The van der Waals surface area contributed by atoms with Crippen LogP contribution in [0.5, 0.6) is 0 Å². The molecule has 2 amide bonds. The van der Waals surface area contributed by atoms with Gasteiger partial charge in [0, 0.05) is 18.9 Å². The minimum atomic E-state index is -2.65. The van der Waals surface area contributed by atoms with Crippen LogP contribution in [-0.2, 0) is 9.59 Å². The molecule has 1 aliphatic heterocycles. The Balaban J connectivity index is 1.97. The van der Waals surface area contributed by atoms with Crippen LogP contribution in [0.1, 0.15) is 12.8 Å². The van der Waals surface area contributed by atoms with Crippen molar-refractivity contribution in [3.05, 3.63) is 0 Å². The van der Waals surface area contributed by atoms with E-state index in [0.29, 0.717) is 0 Å². The molecule has 14 heavy (non-hydrogen) atoms. The largest absolute Gasteiger partial charge is 0.345 e. The van der Waals surface area contributed by atoms with Gasteiger partial charge in [-0.25, -0.2) is 8.78 Å². The molecule has 0 aromatic carbocycles. The van der Waals surface area contributed by atoms with Crippen molar-refractivity contribution in [1.29, 1.82) is 0 Å². The lowest BCUT2D eigenvalue weighted by Gasteiger charge is -2.43. The molecule has 0 aromatic rings. The number of rotatable bonds is 1. The molecule has 1 aliphatic carbocycles. The van der Waals surface area contributed by atoms with Crippen LogP contribution < -0.4 is 5.32 Å². The third kappa shape index (κ3) is 1.56. The number of carbonyl (C=O) groups is 2. The topological polar surface area (TPSA) is 49.4 Å². The summed E-state index contributed by atoms with van der Waals surface area (Å²) in [6, 6.07) is -0.455. The van der Waals surface area contributed by atoms with Crippen LogP contribution >= 0.6 is 0 Å². The third-order valence-corrected chi connectivity index (χ3v) is 2.58. The van der Waals surface area contributed by atoms with Crippen molar-refractivity contribution in [3.8, 4) is 0 Å². The van der Waals surface area contributed by atoms with Gasteiger partial charge < -0.3 is 10.2 Å². The molecular formula is C8H10F2N2O2. The number of amides is 2. The first-order valence-electron chi connectivity index (χ1n) is 4.42. The lowest BCUT2D eigenvalue weighted by atomic mass is 9.86. The van der Waals surface area contributed by atoms with E-state index in [2.05, 4.69) is 5.32 Å². The van der Waals surface area contributed by atoms with Crippen molar-refractivity contribution in [2.75, 3.05) is 13.1 Å². The number of piperazine rings is 1. The first-order valence-corrected chi connectivity index (χ1v) is 4.42. The zero-order valence-corrected chi connectivity index (χ0v) is 7.43. The van der Waals surface area contributed by atoms with E-state index in [-0.39, 0.29) is 37.7 Å². The maximum atomic E-state index is 12.5. The summed E-state index contributed by atoms with van der Waals surface area (Å²) in [6.45, 7) is -0.152. The highest BCUT2D eigenvalue weighted by molar-refractivity contribution is 5.92. The van der Waals surface area contributed by atoms with Crippen LogP contribution in [0.25, 0.3) is 0 Å². The fourth-order valence-corrected chi connectivity index (χ4v) is 1.76. The number of nitrogens with zero attached hydrogens (tertiary/aromatic N) is 1. The van der Waals surface area contributed by atoms with Crippen LogP contribution in [0, 0.1) is 0 Å². The standard InChI is InChI=1S/C8H10F2N2O2/c9-8(10)1-5(2-8)12-4-6(13)11-3-7(12)14/h5H,1-4H2,(H,11,13). The minimum Gasteiger partial charge on any atom is -0.345 e. The van der Waals surface area contributed by atoms with Crippen molar-refractivity contribution in [3.63, 3.8) is 0 Å². The van der Waals surface area contributed by atoms with Gasteiger partial charge >= 0.3 is 0 Å². The van der Waals surface area contributed by atoms with Gasteiger partial charge in [0.15, 0.2) is 0 Å². The van der Waals surface area contributed by atoms with Crippen LogP contribution in [0.15, 0.2) is 0 Å². The van der Waals surface area contributed by atoms with Gasteiger partial charge in [0.1, 0.15) is 0 Å². The summed E-state index contributed by atoms with van der Waals surface area (Å²) in [6.07, 6.45) is -0.627. The number of hydrogen-bond donors (Lipinski definition) is 1. The number of hydrogen-bond acceptors (Lipinski definition) is 2. The second-order valence-electron chi connectivity index (χ2n) is 3.72. The number of halogens is 2. The van der Waals surface area contributed by atoms with E-state index in [9.17, 15) is 18.4 Å². The summed E-state index contributed by atoms with van der Waals surface area (Å²) in [5.41, 5.74) is 0. The molecule has 0 radical (unpaired) electrons. The maximum Gasteiger partial charge on any atom is 0.252 e. The molecule has 0 atom stereocenters. The summed E-state index contributed by atoms with van der Waals surface area (Å²) in [5, 5.41) is 2.37. The Hall–Kier alpha value is -1.20. The average Bonchev–Trinajstić information content (AvgIpc) is 2.05. The molecule has 0 spiro atoms. The molecule has 1 saturated heterocycles. The highest BCUT2D eigenvalue weighted by atomic mass is 19.3. The lowest BCUT2D eigenvalue weighted by Crippen LogP contribution is -2.60. The molecule has 4 nitrogen and oxygen atoms in total. The lowest BCUT2D eigenvalue weighted by molar-refractivity contribution is -0.160. The molecule has 1 heterocycles. The summed E-state index contributed by atoms with van der Waals surface area (Å²) < 4.78 is 25.1. The van der Waals surface area contributed by atoms with E-state index in [1.54, 1.807) is 0 Å². The summed E-state index contributed by atoms with van der Waals surface area (Å²) in [5.74, 6) is -3.20. The molecule has 2 fully saturated rings. The van der Waals surface area contributed by atoms with E-state index in [0.717, 1.165) is 0 Å². The average molecular weight is 204 g/mol. The van der Waals surface area contributed by atoms with Gasteiger partial charge in [-0.1, -0.05) is 0 Å². The van der Waals surface area contributed by atoms with Gasteiger partial charge in [-0.15, -0.1) is 0 Å². The second kappa shape index (κ2) is 2.90. The highest BCUT2D eigenvalue weighted by Gasteiger charge is 2.49. The normalized spacial score (nSPS) is 27.1. The van der Waals surface area contributed by atoms with Gasteiger partial charge in [0.2, 0.25) is 11.8 Å². The summed E-state index contributed by atoms with van der Waals surface area (Å²) in [7, 11) is 0. The smallest absolute Gasteiger partial charge is 0.252 e. The van der Waals surface area contributed by atoms with Crippen molar-refractivity contribution >= 4 is 11.8 Å². The molecule has 2 rings (SSSR count). The fraction of sp³-hybridized carbons (Fsp3) is 0.750. The van der Waals surface area contributed by atoms with E-state index in [1.165, 1.54) is 4.90 Å². The summed E-state index contributed by atoms with van der Waals surface area (Å²) in [4.78, 5) is 23.4. The maximum absolute atomic E-state index is 12.5. The van der Waals surface area contributed by atoms with E-state index in [1.807, 2.05) is 0 Å². The van der Waals surface area contributed by atoms with Crippen molar-refractivity contribution < 1.29 is 18.4 Å². The number of alkyl halides is 2. The summed E-state index contributed by atoms with van der Waals surface area (Å²) >= 11 is 0. The van der Waals surface area contributed by atoms with Crippen LogP contribution in [0.3, 0.4) is 0 Å².